The Balaban J connectivity index is 1.60. The molecule has 3 unspecified atom stereocenters. The van der Waals surface area contributed by atoms with Crippen molar-refractivity contribution < 1.29 is 14.3 Å². The first kappa shape index (κ1) is 10.9. The van der Waals surface area contributed by atoms with Crippen LogP contribution in [-0.4, -0.2) is 37.4 Å². The highest BCUT2D eigenvalue weighted by Crippen LogP contribution is 2.23. The van der Waals surface area contributed by atoms with E-state index < -0.39 is 0 Å². The summed E-state index contributed by atoms with van der Waals surface area (Å²) in [6.45, 7) is 3.21. The molecule has 0 aromatic heterocycles. The van der Waals surface area contributed by atoms with Crippen LogP contribution in [0.2, 0.25) is 0 Å². The Morgan fingerprint density at radius 1 is 1.53 bits per heavy atom. The Morgan fingerprint density at radius 2 is 2.40 bits per heavy atom. The Kier molecular flexibility index (Phi) is 3.59. The Labute approximate surface area is 90.3 Å². The van der Waals surface area contributed by atoms with Crippen LogP contribution in [0.25, 0.3) is 0 Å². The van der Waals surface area contributed by atoms with Crippen LogP contribution in [0.3, 0.4) is 0 Å². The molecule has 3 atom stereocenters. The second kappa shape index (κ2) is 4.94. The van der Waals surface area contributed by atoms with Crippen molar-refractivity contribution in [1.82, 2.24) is 5.32 Å². The fourth-order valence-electron chi connectivity index (χ4n) is 2.13. The van der Waals surface area contributed by atoms with Gasteiger partial charge in [-0.1, -0.05) is 0 Å². The molecule has 0 bridgehead atoms. The molecule has 4 nitrogen and oxygen atoms in total. The van der Waals surface area contributed by atoms with E-state index in [0.717, 1.165) is 19.4 Å². The minimum atomic E-state index is -0.102. The third-order valence-corrected chi connectivity index (χ3v) is 3.05. The van der Waals surface area contributed by atoms with Crippen LogP contribution in [0.1, 0.15) is 32.6 Å². The molecule has 2 rings (SSSR count). The summed E-state index contributed by atoms with van der Waals surface area (Å²) in [5.41, 5.74) is 0. The Morgan fingerprint density at radius 3 is 3.07 bits per heavy atom. The van der Waals surface area contributed by atoms with Crippen LogP contribution in [0.5, 0.6) is 0 Å². The molecule has 0 aromatic carbocycles. The first-order chi connectivity index (χ1) is 7.31. The fourth-order valence-corrected chi connectivity index (χ4v) is 2.13. The van der Waals surface area contributed by atoms with Gasteiger partial charge < -0.3 is 9.47 Å². The Hall–Kier alpha value is -0.610. The molecule has 0 radical (unpaired) electrons. The zero-order chi connectivity index (χ0) is 10.7. The second-order valence-corrected chi connectivity index (χ2v) is 4.22. The van der Waals surface area contributed by atoms with Gasteiger partial charge in [-0.2, -0.15) is 0 Å². The predicted octanol–water partition coefficient (Wildman–Crippen LogP) is 0.849. The summed E-state index contributed by atoms with van der Waals surface area (Å²) in [7, 11) is 0. The van der Waals surface area contributed by atoms with E-state index in [1.165, 1.54) is 12.8 Å². The summed E-state index contributed by atoms with van der Waals surface area (Å²) in [6.07, 6.45) is 4.87. The molecule has 4 heteroatoms. The van der Waals surface area contributed by atoms with Gasteiger partial charge in [-0.3, -0.25) is 10.1 Å². The SMILES string of the molecule is CCOC(=O)C1NC1CCC1CCCO1. The van der Waals surface area contributed by atoms with E-state index in [9.17, 15) is 4.79 Å². The largest absolute Gasteiger partial charge is 0.465 e. The molecule has 2 saturated heterocycles. The van der Waals surface area contributed by atoms with Crippen LogP contribution in [0.15, 0.2) is 0 Å². The molecule has 1 N–H and O–H groups in total. The molecule has 2 heterocycles. The summed E-state index contributed by atoms with van der Waals surface area (Å²) in [6, 6.07) is 0.277. The van der Waals surface area contributed by atoms with E-state index in [-0.39, 0.29) is 12.0 Å². The molecule has 0 amide bonds. The lowest BCUT2D eigenvalue weighted by Gasteiger charge is -2.07. The standard InChI is InChI=1S/C11H19NO3/c1-2-14-11(13)10-9(12-10)6-5-8-4-3-7-15-8/h8-10,12H,2-7H2,1H3. The molecular formula is C11H19NO3. The van der Waals surface area contributed by atoms with Gasteiger partial charge >= 0.3 is 5.97 Å². The van der Waals surface area contributed by atoms with Crippen molar-refractivity contribution in [3.8, 4) is 0 Å². The van der Waals surface area contributed by atoms with Crippen molar-refractivity contribution in [2.75, 3.05) is 13.2 Å². The molecule has 2 aliphatic rings. The number of nitrogens with one attached hydrogen (secondary N) is 1. The monoisotopic (exact) mass is 213 g/mol. The number of hydrogen-bond acceptors (Lipinski definition) is 4. The first-order valence-corrected chi connectivity index (χ1v) is 5.85. The lowest BCUT2D eigenvalue weighted by atomic mass is 10.1. The summed E-state index contributed by atoms with van der Waals surface area (Å²) in [5, 5.41) is 3.15. The van der Waals surface area contributed by atoms with Crippen LogP contribution in [-0.2, 0) is 14.3 Å². The van der Waals surface area contributed by atoms with E-state index in [1.807, 2.05) is 6.92 Å². The van der Waals surface area contributed by atoms with Gasteiger partial charge in [0.25, 0.3) is 0 Å². The lowest BCUT2D eigenvalue weighted by molar-refractivity contribution is -0.142. The van der Waals surface area contributed by atoms with Crippen molar-refractivity contribution in [2.24, 2.45) is 0 Å². The third-order valence-electron chi connectivity index (χ3n) is 3.05. The van der Waals surface area contributed by atoms with E-state index in [1.54, 1.807) is 0 Å². The van der Waals surface area contributed by atoms with Gasteiger partial charge in [-0.15, -0.1) is 0 Å². The van der Waals surface area contributed by atoms with Crippen LogP contribution >= 0.6 is 0 Å². The average Bonchev–Trinajstić information content (AvgIpc) is 2.82. The molecule has 15 heavy (non-hydrogen) atoms. The van der Waals surface area contributed by atoms with Gasteiger partial charge in [0.05, 0.1) is 12.7 Å². The predicted molar refractivity (Wildman–Crippen MR) is 55.6 cm³/mol. The average molecular weight is 213 g/mol. The fraction of sp³-hybridized carbons (Fsp3) is 0.909. The number of ether oxygens (including phenoxy) is 2. The summed E-state index contributed by atoms with van der Waals surface area (Å²) in [5.74, 6) is -0.102. The molecule has 2 aliphatic heterocycles. The minimum absolute atomic E-state index is 0.0497. The summed E-state index contributed by atoms with van der Waals surface area (Å²) >= 11 is 0. The van der Waals surface area contributed by atoms with Crippen LogP contribution in [0.4, 0.5) is 0 Å². The van der Waals surface area contributed by atoms with Crippen molar-refractivity contribution in [2.45, 2.75) is 50.8 Å². The zero-order valence-corrected chi connectivity index (χ0v) is 9.20. The number of hydrogen-bond donors (Lipinski definition) is 1. The third kappa shape index (κ3) is 2.92. The maximum atomic E-state index is 11.3. The molecular weight excluding hydrogens is 194 g/mol. The van der Waals surface area contributed by atoms with Gasteiger partial charge in [-0.05, 0) is 32.6 Å². The van der Waals surface area contributed by atoms with Gasteiger partial charge in [-0.25, -0.2) is 0 Å². The molecule has 0 spiro atoms. The number of esters is 1. The number of carbonyl (C=O) groups is 1. The summed E-state index contributed by atoms with van der Waals surface area (Å²) < 4.78 is 10.5. The van der Waals surface area contributed by atoms with Gasteiger partial charge in [0.1, 0.15) is 6.04 Å². The lowest BCUT2D eigenvalue weighted by Crippen LogP contribution is -2.15. The molecule has 0 aliphatic carbocycles. The maximum Gasteiger partial charge on any atom is 0.324 e. The second-order valence-electron chi connectivity index (χ2n) is 4.22. The molecule has 0 saturated carbocycles. The minimum Gasteiger partial charge on any atom is -0.465 e. The summed E-state index contributed by atoms with van der Waals surface area (Å²) in [4.78, 5) is 11.3. The van der Waals surface area contributed by atoms with Gasteiger partial charge in [0.2, 0.25) is 0 Å². The quantitative estimate of drug-likeness (QED) is 0.543. The van der Waals surface area contributed by atoms with E-state index in [4.69, 9.17) is 9.47 Å². The van der Waals surface area contributed by atoms with Gasteiger partial charge in [0, 0.05) is 12.6 Å². The van der Waals surface area contributed by atoms with E-state index in [2.05, 4.69) is 5.32 Å². The van der Waals surface area contributed by atoms with Crippen molar-refractivity contribution in [3.63, 3.8) is 0 Å². The van der Waals surface area contributed by atoms with E-state index >= 15 is 0 Å². The number of rotatable bonds is 5. The van der Waals surface area contributed by atoms with Crippen molar-refractivity contribution >= 4 is 5.97 Å². The highest BCUT2D eigenvalue weighted by molar-refractivity contribution is 5.80. The van der Waals surface area contributed by atoms with E-state index in [0.29, 0.717) is 18.8 Å². The smallest absolute Gasteiger partial charge is 0.324 e. The molecule has 2 fully saturated rings. The van der Waals surface area contributed by atoms with Crippen molar-refractivity contribution in [3.05, 3.63) is 0 Å². The normalized spacial score (nSPS) is 34.1. The first-order valence-electron chi connectivity index (χ1n) is 5.85. The highest BCUT2D eigenvalue weighted by atomic mass is 16.5. The van der Waals surface area contributed by atoms with Crippen molar-refractivity contribution in [1.29, 1.82) is 0 Å². The zero-order valence-electron chi connectivity index (χ0n) is 9.20. The van der Waals surface area contributed by atoms with Crippen LogP contribution in [0, 0.1) is 0 Å². The molecule has 86 valence electrons. The molecule has 0 aromatic rings. The van der Waals surface area contributed by atoms with Gasteiger partial charge in [0.15, 0.2) is 0 Å². The highest BCUT2D eigenvalue weighted by Gasteiger charge is 2.43. The maximum absolute atomic E-state index is 11.3. The van der Waals surface area contributed by atoms with Crippen LogP contribution < -0.4 is 5.32 Å². The Bertz CT molecular complexity index is 226. The topological polar surface area (TPSA) is 57.5 Å². The number of carbonyl (C=O) groups excluding carboxylic acids is 1.